The van der Waals surface area contributed by atoms with Crippen LogP contribution in [0.15, 0.2) is 42.9 Å². The third-order valence-corrected chi connectivity index (χ3v) is 4.81. The molecular formula is C22H12Cl2FN5O2. The number of aromatic nitrogens is 2. The fourth-order valence-electron chi connectivity index (χ4n) is 2.75. The van der Waals surface area contributed by atoms with Gasteiger partial charge in [-0.3, -0.25) is 14.6 Å². The van der Waals surface area contributed by atoms with Gasteiger partial charge in [0.15, 0.2) is 0 Å². The lowest BCUT2D eigenvalue weighted by molar-refractivity contribution is 0.0953. The standard InChI is InChI=1S/C22H12Cl2FN5O2/c1-2-12-10-27-5-3-14(12)15-8-17(23)16(9-19(15)25)21(31)30-13-7-18(24)20(29-11-13)22(32)28-6-4-26/h1,3,5,7-11H,6H2,(H,28,32)(H,30,31). The van der Waals surface area contributed by atoms with E-state index in [4.69, 9.17) is 34.9 Å². The number of pyridine rings is 2. The third-order valence-electron chi connectivity index (χ3n) is 4.21. The maximum atomic E-state index is 14.8. The summed E-state index contributed by atoms with van der Waals surface area (Å²) in [6.45, 7) is -0.211. The molecule has 7 nitrogen and oxygen atoms in total. The number of benzene rings is 1. The molecule has 0 bridgehead atoms. The molecule has 2 amide bonds. The lowest BCUT2D eigenvalue weighted by Crippen LogP contribution is -2.25. The molecule has 3 rings (SSSR count). The Morgan fingerprint density at radius 2 is 1.91 bits per heavy atom. The SMILES string of the molecule is C#Cc1cnccc1-c1cc(Cl)c(C(=O)Nc2cnc(C(=O)NCC#N)c(Cl)c2)cc1F. The first-order chi connectivity index (χ1) is 15.3. The first-order valence-corrected chi connectivity index (χ1v) is 9.63. The average molecular weight is 468 g/mol. The van der Waals surface area contributed by atoms with Gasteiger partial charge in [0.1, 0.15) is 18.1 Å². The Kier molecular flexibility index (Phi) is 7.01. The first kappa shape index (κ1) is 22.7. The minimum Gasteiger partial charge on any atom is -0.338 e. The van der Waals surface area contributed by atoms with E-state index in [1.807, 2.05) is 0 Å². The predicted molar refractivity (Wildman–Crippen MR) is 118 cm³/mol. The molecule has 2 aromatic heterocycles. The maximum absolute atomic E-state index is 14.8. The third kappa shape index (κ3) is 4.84. The quantitative estimate of drug-likeness (QED) is 0.434. The van der Waals surface area contributed by atoms with E-state index >= 15 is 0 Å². The number of nitrogens with one attached hydrogen (secondary N) is 2. The van der Waals surface area contributed by atoms with Crippen molar-refractivity contribution in [2.45, 2.75) is 0 Å². The Balaban J connectivity index is 1.85. The van der Waals surface area contributed by atoms with Crippen molar-refractivity contribution in [2.75, 3.05) is 11.9 Å². The van der Waals surface area contributed by atoms with Crippen LogP contribution in [0.1, 0.15) is 26.4 Å². The lowest BCUT2D eigenvalue weighted by atomic mass is 10.00. The Hall–Kier alpha value is -3.98. The van der Waals surface area contributed by atoms with Gasteiger partial charge in [0.2, 0.25) is 0 Å². The second kappa shape index (κ2) is 9.88. The van der Waals surface area contributed by atoms with Gasteiger partial charge < -0.3 is 10.6 Å². The summed E-state index contributed by atoms with van der Waals surface area (Å²) in [6.07, 6.45) is 9.52. The fraction of sp³-hybridized carbons (Fsp3) is 0.0455. The summed E-state index contributed by atoms with van der Waals surface area (Å²) >= 11 is 12.3. The number of nitrogens with zero attached hydrogens (tertiary/aromatic N) is 3. The molecule has 10 heteroatoms. The number of carbonyl (C=O) groups is 2. The van der Waals surface area contributed by atoms with Crippen molar-refractivity contribution in [2.24, 2.45) is 0 Å². The summed E-state index contributed by atoms with van der Waals surface area (Å²) in [4.78, 5) is 32.3. The van der Waals surface area contributed by atoms with Crippen molar-refractivity contribution in [1.29, 1.82) is 5.26 Å². The van der Waals surface area contributed by atoms with Crippen LogP contribution in [0.3, 0.4) is 0 Å². The van der Waals surface area contributed by atoms with Crippen LogP contribution < -0.4 is 10.6 Å². The number of hydrogen-bond acceptors (Lipinski definition) is 5. The molecule has 0 spiro atoms. The summed E-state index contributed by atoms with van der Waals surface area (Å²) in [7, 11) is 0. The van der Waals surface area contributed by atoms with Crippen LogP contribution in [0.4, 0.5) is 10.1 Å². The summed E-state index contributed by atoms with van der Waals surface area (Å²) in [5, 5.41) is 13.3. The van der Waals surface area contributed by atoms with E-state index in [1.165, 1.54) is 30.7 Å². The smallest absolute Gasteiger partial charge is 0.272 e. The molecule has 158 valence electrons. The van der Waals surface area contributed by atoms with E-state index in [2.05, 4.69) is 26.5 Å². The summed E-state index contributed by atoms with van der Waals surface area (Å²) < 4.78 is 14.8. The number of carbonyl (C=O) groups excluding carboxylic acids is 2. The van der Waals surface area contributed by atoms with E-state index in [1.54, 1.807) is 12.1 Å². The fourth-order valence-corrected chi connectivity index (χ4v) is 3.25. The molecule has 0 radical (unpaired) electrons. The van der Waals surface area contributed by atoms with Crippen LogP contribution in [0.25, 0.3) is 11.1 Å². The number of hydrogen-bond donors (Lipinski definition) is 2. The van der Waals surface area contributed by atoms with Crippen LogP contribution >= 0.6 is 23.2 Å². The zero-order chi connectivity index (χ0) is 23.3. The molecule has 0 aliphatic carbocycles. The van der Waals surface area contributed by atoms with Crippen LogP contribution in [-0.2, 0) is 0 Å². The first-order valence-electron chi connectivity index (χ1n) is 8.87. The second-order valence-corrected chi connectivity index (χ2v) is 7.04. The van der Waals surface area contributed by atoms with Gasteiger partial charge >= 0.3 is 0 Å². The van der Waals surface area contributed by atoms with Crippen LogP contribution in [0.2, 0.25) is 10.0 Å². The number of amides is 2. The zero-order valence-corrected chi connectivity index (χ0v) is 17.6. The number of halogens is 3. The van der Waals surface area contributed by atoms with Crippen molar-refractivity contribution in [3.8, 4) is 29.5 Å². The largest absolute Gasteiger partial charge is 0.338 e. The molecule has 0 atom stereocenters. The van der Waals surface area contributed by atoms with Gasteiger partial charge in [0, 0.05) is 23.5 Å². The van der Waals surface area contributed by atoms with Crippen LogP contribution in [-0.4, -0.2) is 28.3 Å². The highest BCUT2D eigenvalue weighted by atomic mass is 35.5. The van der Waals surface area contributed by atoms with Crippen molar-refractivity contribution in [3.63, 3.8) is 0 Å². The van der Waals surface area contributed by atoms with E-state index in [-0.39, 0.29) is 39.1 Å². The van der Waals surface area contributed by atoms with Gasteiger partial charge in [-0.15, -0.1) is 6.42 Å². The Morgan fingerprint density at radius 3 is 2.59 bits per heavy atom. The zero-order valence-electron chi connectivity index (χ0n) is 16.1. The van der Waals surface area contributed by atoms with Crippen molar-refractivity contribution >= 4 is 40.7 Å². The molecule has 0 aliphatic rings. The topological polar surface area (TPSA) is 108 Å². The normalized spacial score (nSPS) is 10.0. The molecule has 0 saturated heterocycles. The van der Waals surface area contributed by atoms with E-state index in [9.17, 15) is 14.0 Å². The van der Waals surface area contributed by atoms with Crippen LogP contribution in [0.5, 0.6) is 0 Å². The molecule has 2 N–H and O–H groups in total. The molecule has 0 fully saturated rings. The molecule has 32 heavy (non-hydrogen) atoms. The molecule has 0 saturated carbocycles. The predicted octanol–water partition coefficient (Wildman–Crippen LogP) is 4.08. The van der Waals surface area contributed by atoms with Crippen molar-refractivity contribution < 1.29 is 14.0 Å². The van der Waals surface area contributed by atoms with Crippen molar-refractivity contribution in [1.82, 2.24) is 15.3 Å². The molecular weight excluding hydrogens is 456 g/mol. The van der Waals surface area contributed by atoms with Gasteiger partial charge in [0.25, 0.3) is 11.8 Å². The molecule has 0 unspecified atom stereocenters. The van der Waals surface area contributed by atoms with Gasteiger partial charge in [-0.2, -0.15) is 5.26 Å². The number of rotatable bonds is 5. The minimum absolute atomic E-state index is 0.00904. The number of nitriles is 1. The maximum Gasteiger partial charge on any atom is 0.272 e. The Morgan fingerprint density at radius 1 is 1.12 bits per heavy atom. The second-order valence-electron chi connectivity index (χ2n) is 6.23. The highest BCUT2D eigenvalue weighted by Crippen LogP contribution is 2.31. The Labute approximate surface area is 192 Å². The van der Waals surface area contributed by atoms with E-state index in [0.717, 1.165) is 6.07 Å². The lowest BCUT2D eigenvalue weighted by Gasteiger charge is -2.11. The van der Waals surface area contributed by atoms with Gasteiger partial charge in [0.05, 0.1) is 39.1 Å². The molecule has 0 aliphatic heterocycles. The van der Waals surface area contributed by atoms with E-state index in [0.29, 0.717) is 11.1 Å². The summed E-state index contributed by atoms with van der Waals surface area (Å²) in [6, 6.07) is 6.89. The van der Waals surface area contributed by atoms with Crippen LogP contribution in [0, 0.1) is 29.5 Å². The minimum atomic E-state index is -0.716. The molecule has 3 aromatic rings. The van der Waals surface area contributed by atoms with Gasteiger partial charge in [-0.1, -0.05) is 29.1 Å². The number of terminal acetylenes is 1. The Bertz CT molecular complexity index is 1310. The van der Waals surface area contributed by atoms with Gasteiger partial charge in [-0.25, -0.2) is 9.37 Å². The average Bonchev–Trinajstić information content (AvgIpc) is 2.78. The summed E-state index contributed by atoms with van der Waals surface area (Å²) in [5.41, 5.74) is 0.820. The monoisotopic (exact) mass is 467 g/mol. The molecule has 2 heterocycles. The highest BCUT2D eigenvalue weighted by molar-refractivity contribution is 6.35. The molecule has 1 aromatic carbocycles. The summed E-state index contributed by atoms with van der Waals surface area (Å²) in [5.74, 6) is 0.362. The van der Waals surface area contributed by atoms with Gasteiger partial charge in [-0.05, 0) is 24.3 Å². The number of anilines is 1. The van der Waals surface area contributed by atoms with E-state index < -0.39 is 17.6 Å². The highest BCUT2D eigenvalue weighted by Gasteiger charge is 2.19. The van der Waals surface area contributed by atoms with Crippen molar-refractivity contribution in [3.05, 3.63) is 75.5 Å².